The van der Waals surface area contributed by atoms with Crippen LogP contribution in [-0.2, 0) is 9.53 Å². The van der Waals surface area contributed by atoms with Gasteiger partial charge < -0.3 is 15.2 Å². The van der Waals surface area contributed by atoms with Crippen molar-refractivity contribution in [2.75, 3.05) is 13.2 Å². The van der Waals surface area contributed by atoms with Crippen molar-refractivity contribution in [2.24, 2.45) is 0 Å². The molecule has 0 bridgehead atoms. The number of para-hydroxylation sites is 1. The summed E-state index contributed by atoms with van der Waals surface area (Å²) in [4.78, 5) is 22.6. The molecule has 1 aromatic rings. The number of rotatable bonds is 4. The largest absolute Gasteiger partial charge is 0.507 e. The van der Waals surface area contributed by atoms with Crippen molar-refractivity contribution < 1.29 is 19.4 Å². The predicted molar refractivity (Wildman–Crippen MR) is 61.8 cm³/mol. The van der Waals surface area contributed by atoms with E-state index in [9.17, 15) is 14.7 Å². The molecule has 0 aromatic heterocycles. The summed E-state index contributed by atoms with van der Waals surface area (Å²) in [6, 6.07) is 4.76. The summed E-state index contributed by atoms with van der Waals surface area (Å²) in [5.74, 6) is -1.20. The minimum atomic E-state index is -0.711. The van der Waals surface area contributed by atoms with Crippen molar-refractivity contribution in [3.63, 3.8) is 0 Å². The van der Waals surface area contributed by atoms with E-state index in [1.54, 1.807) is 26.0 Å². The lowest BCUT2D eigenvalue weighted by Crippen LogP contribution is -2.28. The molecule has 0 aliphatic carbocycles. The number of carbonyl (C=O) groups is 2. The number of phenols is 1. The molecular weight excluding hydrogens is 222 g/mol. The second kappa shape index (κ2) is 5.89. The molecule has 2 N–H and O–H groups in total. The van der Waals surface area contributed by atoms with Crippen LogP contribution in [0.2, 0.25) is 0 Å². The van der Waals surface area contributed by atoms with Gasteiger partial charge in [-0.05, 0) is 25.5 Å². The SMILES string of the molecule is CCNC(=O)COC(=O)c1cccc(C)c1O. The lowest BCUT2D eigenvalue weighted by molar-refractivity contribution is -0.124. The normalized spacial score (nSPS) is 9.76. The maximum atomic E-state index is 11.6. The highest BCUT2D eigenvalue weighted by Crippen LogP contribution is 2.21. The van der Waals surface area contributed by atoms with Crippen molar-refractivity contribution in [3.05, 3.63) is 29.3 Å². The first-order valence-corrected chi connectivity index (χ1v) is 5.28. The van der Waals surface area contributed by atoms with Crippen LogP contribution in [0.25, 0.3) is 0 Å². The fourth-order valence-electron chi connectivity index (χ4n) is 1.28. The van der Waals surface area contributed by atoms with Gasteiger partial charge in [-0.3, -0.25) is 4.79 Å². The number of nitrogens with one attached hydrogen (secondary N) is 1. The Bertz CT molecular complexity index is 429. The number of phenolic OH excluding ortho intramolecular Hbond substituents is 1. The van der Waals surface area contributed by atoms with E-state index < -0.39 is 5.97 Å². The average molecular weight is 237 g/mol. The van der Waals surface area contributed by atoms with Gasteiger partial charge in [0, 0.05) is 6.54 Å². The van der Waals surface area contributed by atoms with Crippen molar-refractivity contribution in [3.8, 4) is 5.75 Å². The van der Waals surface area contributed by atoms with Crippen molar-refractivity contribution in [1.82, 2.24) is 5.32 Å². The summed E-state index contributed by atoms with van der Waals surface area (Å²) in [5, 5.41) is 12.1. The van der Waals surface area contributed by atoms with E-state index in [1.165, 1.54) is 6.07 Å². The van der Waals surface area contributed by atoms with Gasteiger partial charge in [-0.25, -0.2) is 4.79 Å². The van der Waals surface area contributed by atoms with Crippen molar-refractivity contribution in [2.45, 2.75) is 13.8 Å². The topological polar surface area (TPSA) is 75.6 Å². The zero-order chi connectivity index (χ0) is 12.8. The van der Waals surface area contributed by atoms with E-state index in [0.717, 1.165) is 0 Å². The lowest BCUT2D eigenvalue weighted by Gasteiger charge is -2.07. The van der Waals surface area contributed by atoms with Crippen LogP contribution in [0.3, 0.4) is 0 Å². The summed E-state index contributed by atoms with van der Waals surface area (Å²) in [6.45, 7) is 3.58. The predicted octanol–water partition coefficient (Wildman–Crippen LogP) is 0.994. The van der Waals surface area contributed by atoms with Gasteiger partial charge in [-0.2, -0.15) is 0 Å². The summed E-state index contributed by atoms with van der Waals surface area (Å²) >= 11 is 0. The number of ether oxygens (including phenoxy) is 1. The minimum absolute atomic E-state index is 0.0642. The minimum Gasteiger partial charge on any atom is -0.507 e. The zero-order valence-electron chi connectivity index (χ0n) is 9.82. The number of hydrogen-bond acceptors (Lipinski definition) is 4. The van der Waals surface area contributed by atoms with Gasteiger partial charge in [-0.15, -0.1) is 0 Å². The maximum Gasteiger partial charge on any atom is 0.342 e. The molecule has 17 heavy (non-hydrogen) atoms. The Labute approximate surface area is 99.4 Å². The average Bonchev–Trinajstić information content (AvgIpc) is 2.30. The van der Waals surface area contributed by atoms with Gasteiger partial charge in [0.25, 0.3) is 5.91 Å². The van der Waals surface area contributed by atoms with Gasteiger partial charge in [-0.1, -0.05) is 12.1 Å². The molecule has 0 fully saturated rings. The molecule has 0 spiro atoms. The van der Waals surface area contributed by atoms with E-state index >= 15 is 0 Å². The molecule has 0 aliphatic heterocycles. The Balaban J connectivity index is 2.64. The van der Waals surface area contributed by atoms with Gasteiger partial charge >= 0.3 is 5.97 Å². The number of esters is 1. The van der Waals surface area contributed by atoms with Gasteiger partial charge in [0.15, 0.2) is 6.61 Å². The molecule has 1 rings (SSSR count). The summed E-state index contributed by atoms with van der Waals surface area (Å²) in [7, 11) is 0. The Hall–Kier alpha value is -2.04. The molecule has 0 unspecified atom stereocenters. The van der Waals surface area contributed by atoms with Crippen LogP contribution >= 0.6 is 0 Å². The maximum absolute atomic E-state index is 11.6. The number of carbonyl (C=O) groups excluding carboxylic acids is 2. The number of aryl methyl sites for hydroxylation is 1. The van der Waals surface area contributed by atoms with Crippen LogP contribution in [0.4, 0.5) is 0 Å². The number of amides is 1. The Kier molecular flexibility index (Phi) is 4.51. The van der Waals surface area contributed by atoms with Gasteiger partial charge in [0.1, 0.15) is 11.3 Å². The molecule has 92 valence electrons. The van der Waals surface area contributed by atoms with Crippen LogP contribution in [0, 0.1) is 6.92 Å². The van der Waals surface area contributed by atoms with Crippen LogP contribution in [0.1, 0.15) is 22.8 Å². The van der Waals surface area contributed by atoms with Crippen LogP contribution in [0.5, 0.6) is 5.75 Å². The molecule has 0 saturated heterocycles. The fourth-order valence-corrected chi connectivity index (χ4v) is 1.28. The molecule has 5 heteroatoms. The first-order valence-electron chi connectivity index (χ1n) is 5.28. The van der Waals surface area contributed by atoms with Gasteiger partial charge in [0.05, 0.1) is 0 Å². The summed E-state index contributed by atoms with van der Waals surface area (Å²) in [6.07, 6.45) is 0. The first-order chi connectivity index (χ1) is 8.06. The number of benzene rings is 1. The second-order valence-corrected chi connectivity index (χ2v) is 3.50. The van der Waals surface area contributed by atoms with E-state index in [-0.39, 0.29) is 23.8 Å². The third kappa shape index (κ3) is 3.48. The molecule has 1 amide bonds. The highest BCUT2D eigenvalue weighted by Gasteiger charge is 2.14. The molecule has 0 heterocycles. The first kappa shape index (κ1) is 13.0. The Morgan fingerprint density at radius 1 is 1.41 bits per heavy atom. The second-order valence-electron chi connectivity index (χ2n) is 3.50. The van der Waals surface area contributed by atoms with Crippen molar-refractivity contribution >= 4 is 11.9 Å². The smallest absolute Gasteiger partial charge is 0.342 e. The van der Waals surface area contributed by atoms with E-state index in [1.807, 2.05) is 0 Å². The third-order valence-electron chi connectivity index (χ3n) is 2.17. The monoisotopic (exact) mass is 237 g/mol. The molecular formula is C12H15NO4. The summed E-state index contributed by atoms with van der Waals surface area (Å²) < 4.78 is 4.77. The molecule has 0 radical (unpaired) electrons. The van der Waals surface area contributed by atoms with E-state index in [4.69, 9.17) is 4.74 Å². The number of aromatic hydroxyl groups is 1. The molecule has 1 aromatic carbocycles. The fraction of sp³-hybridized carbons (Fsp3) is 0.333. The van der Waals surface area contributed by atoms with Crippen LogP contribution < -0.4 is 5.32 Å². The number of hydrogen-bond donors (Lipinski definition) is 2. The molecule has 0 aliphatic rings. The van der Waals surface area contributed by atoms with Crippen LogP contribution in [0.15, 0.2) is 18.2 Å². The van der Waals surface area contributed by atoms with E-state index in [2.05, 4.69) is 5.32 Å². The highest BCUT2D eigenvalue weighted by molar-refractivity contribution is 5.94. The molecule has 0 atom stereocenters. The quantitative estimate of drug-likeness (QED) is 0.766. The van der Waals surface area contributed by atoms with E-state index in [0.29, 0.717) is 12.1 Å². The highest BCUT2D eigenvalue weighted by atomic mass is 16.5. The number of likely N-dealkylation sites (N-methyl/N-ethyl adjacent to an activating group) is 1. The Morgan fingerprint density at radius 3 is 2.76 bits per heavy atom. The lowest BCUT2D eigenvalue weighted by atomic mass is 10.1. The van der Waals surface area contributed by atoms with Gasteiger partial charge in [0.2, 0.25) is 0 Å². The molecule has 0 saturated carbocycles. The summed E-state index contributed by atoms with van der Waals surface area (Å²) in [5.41, 5.74) is 0.645. The molecule has 5 nitrogen and oxygen atoms in total. The third-order valence-corrected chi connectivity index (χ3v) is 2.17. The van der Waals surface area contributed by atoms with Crippen LogP contribution in [-0.4, -0.2) is 30.1 Å². The standard InChI is InChI=1S/C12H15NO4/c1-3-13-10(14)7-17-12(16)9-6-4-5-8(2)11(9)15/h4-6,15H,3,7H2,1-2H3,(H,13,14). The van der Waals surface area contributed by atoms with Crippen molar-refractivity contribution in [1.29, 1.82) is 0 Å². The zero-order valence-corrected chi connectivity index (χ0v) is 9.82. The Morgan fingerprint density at radius 2 is 2.12 bits per heavy atom.